The van der Waals surface area contributed by atoms with Crippen molar-refractivity contribution in [3.8, 4) is 0 Å². The molecule has 0 saturated carbocycles. The smallest absolute Gasteiger partial charge is 0.254 e. The fourth-order valence-electron chi connectivity index (χ4n) is 2.01. The van der Waals surface area contributed by atoms with Crippen LogP contribution >= 0.6 is 0 Å². The lowest BCUT2D eigenvalue weighted by molar-refractivity contribution is -0.121. The van der Waals surface area contributed by atoms with Crippen molar-refractivity contribution in [3.63, 3.8) is 0 Å². The third-order valence-corrected chi connectivity index (χ3v) is 3.07. The van der Waals surface area contributed by atoms with E-state index < -0.39 is 0 Å². The number of carbonyl (C=O) groups excluding carboxylic acids is 2. The van der Waals surface area contributed by atoms with Crippen molar-refractivity contribution in [1.82, 2.24) is 20.4 Å². The minimum absolute atomic E-state index is 0.0736. The van der Waals surface area contributed by atoms with E-state index in [0.717, 1.165) is 10.9 Å². The number of rotatable bonds is 5. The summed E-state index contributed by atoms with van der Waals surface area (Å²) in [5.41, 5.74) is 1.36. The zero-order valence-corrected chi connectivity index (χ0v) is 11.6. The molecule has 1 aromatic heterocycles. The van der Waals surface area contributed by atoms with Crippen LogP contribution in [-0.4, -0.2) is 46.5 Å². The number of fused-ring (bicyclic) bond motifs is 1. The number of likely N-dealkylation sites (N-methyl/N-ethyl adjacent to an activating group) is 2. The Morgan fingerprint density at radius 1 is 1.35 bits per heavy atom. The zero-order valence-electron chi connectivity index (χ0n) is 11.6. The van der Waals surface area contributed by atoms with Crippen LogP contribution in [0.2, 0.25) is 0 Å². The molecule has 6 heteroatoms. The average molecular weight is 274 g/mol. The van der Waals surface area contributed by atoms with Gasteiger partial charge in [0, 0.05) is 24.0 Å². The van der Waals surface area contributed by atoms with E-state index in [4.69, 9.17) is 0 Å². The minimum atomic E-state index is -0.157. The maximum absolute atomic E-state index is 12.4. The van der Waals surface area contributed by atoms with Gasteiger partial charge >= 0.3 is 0 Å². The maximum Gasteiger partial charge on any atom is 0.254 e. The summed E-state index contributed by atoms with van der Waals surface area (Å²) in [4.78, 5) is 25.5. The van der Waals surface area contributed by atoms with Crippen molar-refractivity contribution in [2.75, 3.05) is 19.6 Å². The number of H-pyrrole nitrogens is 1. The fourth-order valence-corrected chi connectivity index (χ4v) is 2.01. The Labute approximate surface area is 117 Å². The van der Waals surface area contributed by atoms with Crippen molar-refractivity contribution in [1.29, 1.82) is 0 Å². The fraction of sp³-hybridized carbons (Fsp3) is 0.357. The highest BCUT2D eigenvalue weighted by Crippen LogP contribution is 2.14. The third kappa shape index (κ3) is 2.96. The molecule has 0 aliphatic heterocycles. The Bertz CT molecular complexity index is 620. The number of aromatic amines is 1. The molecular formula is C14H18N4O2. The number of amides is 2. The number of hydrogen-bond donors (Lipinski definition) is 2. The minimum Gasteiger partial charge on any atom is -0.355 e. The molecule has 0 atom stereocenters. The number of hydrogen-bond acceptors (Lipinski definition) is 3. The normalized spacial score (nSPS) is 10.5. The summed E-state index contributed by atoms with van der Waals surface area (Å²) in [5.74, 6) is -0.305. The Morgan fingerprint density at radius 2 is 2.15 bits per heavy atom. The predicted octanol–water partition coefficient (Wildman–Crippen LogP) is 1.16. The van der Waals surface area contributed by atoms with Gasteiger partial charge < -0.3 is 10.2 Å². The van der Waals surface area contributed by atoms with Crippen LogP contribution in [0.4, 0.5) is 0 Å². The molecule has 1 heterocycles. The first-order valence-electron chi connectivity index (χ1n) is 6.64. The number of aromatic nitrogens is 2. The summed E-state index contributed by atoms with van der Waals surface area (Å²) >= 11 is 0. The molecule has 0 saturated heterocycles. The van der Waals surface area contributed by atoms with Gasteiger partial charge in [-0.15, -0.1) is 0 Å². The monoisotopic (exact) mass is 274 g/mol. The first-order valence-corrected chi connectivity index (χ1v) is 6.64. The Morgan fingerprint density at radius 3 is 2.85 bits per heavy atom. The number of carbonyl (C=O) groups is 2. The molecule has 2 N–H and O–H groups in total. The van der Waals surface area contributed by atoms with E-state index in [-0.39, 0.29) is 18.4 Å². The van der Waals surface area contributed by atoms with Gasteiger partial charge in [-0.25, -0.2) is 0 Å². The van der Waals surface area contributed by atoms with Crippen molar-refractivity contribution < 1.29 is 9.59 Å². The van der Waals surface area contributed by atoms with E-state index in [1.807, 2.05) is 19.9 Å². The van der Waals surface area contributed by atoms with Crippen molar-refractivity contribution in [2.45, 2.75) is 13.8 Å². The second kappa shape index (κ2) is 6.18. The van der Waals surface area contributed by atoms with Gasteiger partial charge in [0.25, 0.3) is 5.91 Å². The molecule has 2 rings (SSSR count). The molecule has 0 fully saturated rings. The maximum atomic E-state index is 12.4. The van der Waals surface area contributed by atoms with Gasteiger partial charge in [0.2, 0.25) is 5.91 Å². The summed E-state index contributed by atoms with van der Waals surface area (Å²) in [6.45, 7) is 4.82. The summed E-state index contributed by atoms with van der Waals surface area (Å²) in [6, 6.07) is 5.34. The molecule has 0 unspecified atom stereocenters. The van der Waals surface area contributed by atoms with Gasteiger partial charge in [0.15, 0.2) is 0 Å². The Balaban J connectivity index is 2.16. The average Bonchev–Trinajstić information content (AvgIpc) is 2.91. The Kier molecular flexibility index (Phi) is 4.34. The van der Waals surface area contributed by atoms with E-state index in [2.05, 4.69) is 15.5 Å². The van der Waals surface area contributed by atoms with Gasteiger partial charge in [0.1, 0.15) is 0 Å². The predicted molar refractivity (Wildman–Crippen MR) is 76.4 cm³/mol. The van der Waals surface area contributed by atoms with Gasteiger partial charge in [-0.2, -0.15) is 5.10 Å². The second-order valence-corrected chi connectivity index (χ2v) is 4.44. The van der Waals surface area contributed by atoms with E-state index in [9.17, 15) is 9.59 Å². The lowest BCUT2D eigenvalue weighted by Gasteiger charge is -2.20. The van der Waals surface area contributed by atoms with Crippen LogP contribution in [0, 0.1) is 0 Å². The molecule has 0 radical (unpaired) electrons. The summed E-state index contributed by atoms with van der Waals surface area (Å²) in [5, 5.41) is 10.4. The van der Waals surface area contributed by atoms with Crippen LogP contribution in [0.5, 0.6) is 0 Å². The van der Waals surface area contributed by atoms with Crippen LogP contribution < -0.4 is 5.32 Å². The highest BCUT2D eigenvalue weighted by Gasteiger charge is 2.17. The largest absolute Gasteiger partial charge is 0.355 e. The van der Waals surface area contributed by atoms with Crippen molar-refractivity contribution >= 4 is 22.7 Å². The first kappa shape index (κ1) is 14.0. The summed E-state index contributed by atoms with van der Waals surface area (Å²) in [7, 11) is 0. The molecular weight excluding hydrogens is 256 g/mol. The highest BCUT2D eigenvalue weighted by molar-refractivity contribution is 5.99. The first-order chi connectivity index (χ1) is 9.65. The molecule has 6 nitrogen and oxygen atoms in total. The van der Waals surface area contributed by atoms with Crippen molar-refractivity contribution in [2.24, 2.45) is 0 Å². The molecule has 20 heavy (non-hydrogen) atoms. The van der Waals surface area contributed by atoms with Crippen LogP contribution in [-0.2, 0) is 4.79 Å². The number of benzene rings is 1. The van der Waals surface area contributed by atoms with E-state index >= 15 is 0 Å². The van der Waals surface area contributed by atoms with E-state index in [1.54, 1.807) is 18.3 Å². The molecule has 2 aromatic rings. The van der Waals surface area contributed by atoms with Gasteiger partial charge in [-0.05, 0) is 26.0 Å². The lowest BCUT2D eigenvalue weighted by Crippen LogP contribution is -2.40. The standard InChI is InChI=1S/C14H18N4O2/c1-3-15-13(19)9-18(4-2)14(20)10-5-6-11-8-16-17-12(11)7-10/h5-8H,3-4,9H2,1-2H3,(H,15,19)(H,16,17). The quantitative estimate of drug-likeness (QED) is 0.859. The van der Waals surface area contributed by atoms with Crippen LogP contribution in [0.15, 0.2) is 24.4 Å². The third-order valence-electron chi connectivity index (χ3n) is 3.07. The molecule has 0 bridgehead atoms. The SMILES string of the molecule is CCNC(=O)CN(CC)C(=O)c1ccc2cn[nH]c2c1. The molecule has 106 valence electrons. The molecule has 2 amide bonds. The highest BCUT2D eigenvalue weighted by atomic mass is 16.2. The summed E-state index contributed by atoms with van der Waals surface area (Å²) < 4.78 is 0. The number of nitrogens with zero attached hydrogens (tertiary/aromatic N) is 2. The van der Waals surface area contributed by atoms with Crippen LogP contribution in [0.25, 0.3) is 10.9 Å². The van der Waals surface area contributed by atoms with Gasteiger partial charge in [0.05, 0.1) is 18.3 Å². The topological polar surface area (TPSA) is 78.1 Å². The second-order valence-electron chi connectivity index (χ2n) is 4.44. The molecule has 0 aliphatic rings. The van der Waals surface area contributed by atoms with Gasteiger partial charge in [-0.1, -0.05) is 6.07 Å². The molecule has 0 spiro atoms. The molecule has 1 aromatic carbocycles. The number of nitrogens with one attached hydrogen (secondary N) is 2. The van der Waals surface area contributed by atoms with Crippen LogP contribution in [0.1, 0.15) is 24.2 Å². The van der Waals surface area contributed by atoms with Crippen LogP contribution in [0.3, 0.4) is 0 Å². The van der Waals surface area contributed by atoms with E-state index in [1.165, 1.54) is 4.90 Å². The lowest BCUT2D eigenvalue weighted by atomic mass is 10.1. The van der Waals surface area contributed by atoms with Gasteiger partial charge in [-0.3, -0.25) is 14.7 Å². The van der Waals surface area contributed by atoms with Crippen molar-refractivity contribution in [3.05, 3.63) is 30.0 Å². The van der Waals surface area contributed by atoms with E-state index in [0.29, 0.717) is 18.7 Å². The summed E-state index contributed by atoms with van der Waals surface area (Å²) in [6.07, 6.45) is 1.70. The molecule has 0 aliphatic carbocycles. The zero-order chi connectivity index (χ0) is 14.5. The Hall–Kier alpha value is -2.37.